The molecule has 3 amide bonds. The maximum atomic E-state index is 14.7. The Morgan fingerprint density at radius 3 is 2.73 bits per heavy atom. The van der Waals surface area contributed by atoms with E-state index in [0.29, 0.717) is 46.7 Å². The molecule has 1 aromatic heterocycles. The van der Waals surface area contributed by atoms with E-state index in [4.69, 9.17) is 14.2 Å². The molecule has 1 fully saturated rings. The highest BCUT2D eigenvalue weighted by Crippen LogP contribution is 2.33. The molecule has 6 bridgehead atoms. The van der Waals surface area contributed by atoms with Crippen molar-refractivity contribution >= 4 is 17.7 Å². The summed E-state index contributed by atoms with van der Waals surface area (Å²) in [6.45, 7) is 0.222. The Hall–Kier alpha value is -5.52. The van der Waals surface area contributed by atoms with Crippen LogP contribution in [0.2, 0.25) is 0 Å². The van der Waals surface area contributed by atoms with Crippen LogP contribution < -0.4 is 24.8 Å². The molecule has 1 saturated heterocycles. The number of amides is 3. The van der Waals surface area contributed by atoms with E-state index in [-0.39, 0.29) is 43.0 Å². The van der Waals surface area contributed by atoms with E-state index in [1.165, 1.54) is 25.4 Å². The third-order valence-corrected chi connectivity index (χ3v) is 7.63. The van der Waals surface area contributed by atoms with Crippen LogP contribution in [-0.2, 0) is 11.3 Å². The van der Waals surface area contributed by atoms with Crippen LogP contribution in [0.15, 0.2) is 79.0 Å². The first-order valence-electron chi connectivity index (χ1n) is 14.4. The summed E-state index contributed by atoms with van der Waals surface area (Å²) < 4.78 is 32.2. The Kier molecular flexibility index (Phi) is 8.54. The molecule has 230 valence electrons. The van der Waals surface area contributed by atoms with Gasteiger partial charge in [0.2, 0.25) is 0 Å². The highest BCUT2D eigenvalue weighted by atomic mass is 19.1. The molecule has 45 heavy (non-hydrogen) atoms. The van der Waals surface area contributed by atoms with Crippen LogP contribution >= 0.6 is 0 Å². The number of methoxy groups -OCH3 is 1. The van der Waals surface area contributed by atoms with Gasteiger partial charge in [-0.1, -0.05) is 12.1 Å². The number of benzene rings is 3. The Morgan fingerprint density at radius 2 is 1.91 bits per heavy atom. The summed E-state index contributed by atoms with van der Waals surface area (Å²) >= 11 is 0. The van der Waals surface area contributed by atoms with Crippen LogP contribution in [0.3, 0.4) is 0 Å². The van der Waals surface area contributed by atoms with E-state index in [1.807, 2.05) is 6.07 Å². The number of rotatable bonds is 2. The van der Waals surface area contributed by atoms with Crippen LogP contribution in [0, 0.1) is 5.82 Å². The monoisotopic (exact) mass is 611 g/mol. The number of nitrogens with zero attached hydrogens (tertiary/aromatic N) is 3. The first-order valence-corrected chi connectivity index (χ1v) is 14.4. The highest BCUT2D eigenvalue weighted by molar-refractivity contribution is 5.97. The van der Waals surface area contributed by atoms with Crippen molar-refractivity contribution in [3.63, 3.8) is 0 Å². The lowest BCUT2D eigenvalue weighted by atomic mass is 9.99. The van der Waals surface area contributed by atoms with E-state index in [1.54, 1.807) is 59.5 Å². The van der Waals surface area contributed by atoms with E-state index >= 15 is 0 Å². The molecule has 3 heterocycles. The van der Waals surface area contributed by atoms with E-state index < -0.39 is 23.9 Å². The Morgan fingerprint density at radius 1 is 1.02 bits per heavy atom. The average Bonchev–Trinajstić information content (AvgIpc) is 3.06. The minimum atomic E-state index is -0.664. The number of likely N-dealkylation sites (tertiary alicyclic amines) is 1. The fraction of sp³-hybridized carbons (Fsp3) is 0.242. The minimum Gasteiger partial charge on any atom is -0.496 e. The Labute approximate surface area is 258 Å². The Bertz CT molecular complexity index is 1740. The maximum Gasteiger partial charge on any atom is 0.274 e. The molecule has 2 atom stereocenters. The Balaban J connectivity index is 1.37. The fourth-order valence-electron chi connectivity index (χ4n) is 5.42. The summed E-state index contributed by atoms with van der Waals surface area (Å²) in [7, 11) is 1.54. The van der Waals surface area contributed by atoms with E-state index in [0.717, 1.165) is 0 Å². The number of hydrogen-bond donors (Lipinski definition) is 2. The van der Waals surface area contributed by atoms with Crippen LogP contribution in [0.4, 0.5) is 4.39 Å². The smallest absolute Gasteiger partial charge is 0.274 e. The second kappa shape index (κ2) is 13.0. The summed E-state index contributed by atoms with van der Waals surface area (Å²) in [6.07, 6.45) is 1.22. The molecular weight excluding hydrogens is 581 g/mol. The molecule has 4 aromatic rings. The van der Waals surface area contributed by atoms with E-state index in [2.05, 4.69) is 20.8 Å². The van der Waals surface area contributed by atoms with Crippen molar-refractivity contribution in [1.82, 2.24) is 25.7 Å². The predicted molar refractivity (Wildman–Crippen MR) is 160 cm³/mol. The largest absolute Gasteiger partial charge is 0.496 e. The summed E-state index contributed by atoms with van der Waals surface area (Å²) in [4.78, 5) is 41.2. The zero-order valence-corrected chi connectivity index (χ0v) is 24.4. The van der Waals surface area contributed by atoms with Gasteiger partial charge in [0, 0.05) is 49.4 Å². The average molecular weight is 612 g/mol. The van der Waals surface area contributed by atoms with Crippen molar-refractivity contribution in [2.45, 2.75) is 25.1 Å². The summed E-state index contributed by atoms with van der Waals surface area (Å²) in [5.74, 6) is -0.452. The van der Waals surface area contributed by atoms with Gasteiger partial charge in [-0.05, 0) is 65.7 Å². The molecule has 6 rings (SSSR count). The number of halogens is 1. The minimum absolute atomic E-state index is 0.0462. The molecule has 0 spiro atoms. The van der Waals surface area contributed by atoms with Gasteiger partial charge in [-0.2, -0.15) is 5.10 Å². The second-order valence-corrected chi connectivity index (χ2v) is 10.7. The highest BCUT2D eigenvalue weighted by Gasteiger charge is 2.35. The molecule has 3 aromatic carbocycles. The van der Waals surface area contributed by atoms with Crippen LogP contribution in [0.5, 0.6) is 17.2 Å². The topological polar surface area (TPSA) is 132 Å². The number of hydrogen-bond acceptors (Lipinski definition) is 8. The molecule has 2 aliphatic heterocycles. The van der Waals surface area contributed by atoms with Crippen molar-refractivity contribution < 1.29 is 33.0 Å². The van der Waals surface area contributed by atoms with Crippen molar-refractivity contribution in [3.05, 3.63) is 102 Å². The van der Waals surface area contributed by atoms with Gasteiger partial charge in [-0.15, -0.1) is 5.10 Å². The molecule has 11 nitrogen and oxygen atoms in total. The molecule has 2 aliphatic rings. The molecular formula is C33H30FN5O6. The zero-order chi connectivity index (χ0) is 31.3. The first-order chi connectivity index (χ1) is 21.9. The lowest BCUT2D eigenvalue weighted by Gasteiger charge is -2.38. The maximum absolute atomic E-state index is 14.7. The van der Waals surface area contributed by atoms with Crippen molar-refractivity contribution in [2.75, 3.05) is 26.8 Å². The molecule has 12 heteroatoms. The standard InChI is InChI=1S/C33H30FN5O6/c1-43-29-8-7-22-15-26(29)21-4-2-5-24(14-21)44-19-31(40)35-17-20-12-23(34)16-25(13-20)45-30-9-11-39(18-28(30)37-32(22)41)33(42)27-6-3-10-36-38-27/h2-8,10,12-16,28,30H,9,11,17-19H2,1H3,(H,35,40)(H,37,41)/t28-,30-/m1/s1. The first kappa shape index (κ1) is 29.5. The van der Waals surface area contributed by atoms with Gasteiger partial charge in [-0.3, -0.25) is 14.4 Å². The molecule has 0 radical (unpaired) electrons. The SMILES string of the molecule is COc1ccc2cc1-c1cccc(c1)OCC(=O)NCc1cc(F)cc(c1)O[C@@H]1CCN(C(=O)c3cccnn3)C[C@H]1NC2=O. The normalized spacial score (nSPS) is 18.4. The number of fused-ring (bicyclic) bond motifs is 8. The quantitative estimate of drug-likeness (QED) is 0.353. The van der Waals surface area contributed by atoms with Gasteiger partial charge in [0.1, 0.15) is 29.2 Å². The number of nitrogens with one attached hydrogen (secondary N) is 2. The lowest BCUT2D eigenvalue weighted by Crippen LogP contribution is -2.58. The van der Waals surface area contributed by atoms with Crippen LogP contribution in [0.25, 0.3) is 11.1 Å². The van der Waals surface area contributed by atoms with Crippen LogP contribution in [0.1, 0.15) is 32.8 Å². The fourth-order valence-corrected chi connectivity index (χ4v) is 5.42. The predicted octanol–water partition coefficient (Wildman–Crippen LogP) is 3.39. The molecule has 0 unspecified atom stereocenters. The van der Waals surface area contributed by atoms with Crippen molar-refractivity contribution in [2.24, 2.45) is 0 Å². The van der Waals surface area contributed by atoms with Gasteiger partial charge in [0.15, 0.2) is 12.3 Å². The van der Waals surface area contributed by atoms with Gasteiger partial charge in [0.25, 0.3) is 17.7 Å². The van der Waals surface area contributed by atoms with Crippen molar-refractivity contribution in [1.29, 1.82) is 0 Å². The molecule has 2 N–H and O–H groups in total. The van der Waals surface area contributed by atoms with Gasteiger partial charge in [0.05, 0.1) is 13.2 Å². The summed E-state index contributed by atoms with van der Waals surface area (Å²) in [6, 6.07) is 18.9. The van der Waals surface area contributed by atoms with Gasteiger partial charge >= 0.3 is 0 Å². The summed E-state index contributed by atoms with van der Waals surface area (Å²) in [5.41, 5.74) is 2.36. The number of carbonyl (C=O) groups excluding carboxylic acids is 3. The summed E-state index contributed by atoms with van der Waals surface area (Å²) in [5, 5.41) is 13.5. The van der Waals surface area contributed by atoms with E-state index in [9.17, 15) is 18.8 Å². The van der Waals surface area contributed by atoms with Gasteiger partial charge in [-0.25, -0.2) is 4.39 Å². The zero-order valence-electron chi connectivity index (χ0n) is 24.4. The molecule has 0 saturated carbocycles. The van der Waals surface area contributed by atoms with Crippen LogP contribution in [-0.4, -0.2) is 71.8 Å². The van der Waals surface area contributed by atoms with Gasteiger partial charge < -0.3 is 29.7 Å². The molecule has 0 aliphatic carbocycles. The number of carbonyl (C=O) groups is 3. The lowest BCUT2D eigenvalue weighted by molar-refractivity contribution is -0.123. The second-order valence-electron chi connectivity index (χ2n) is 10.7. The number of piperidine rings is 1. The third kappa shape index (κ3) is 6.85. The number of aromatic nitrogens is 2. The number of ether oxygens (including phenoxy) is 3. The van der Waals surface area contributed by atoms with Crippen molar-refractivity contribution in [3.8, 4) is 28.4 Å². The third-order valence-electron chi connectivity index (χ3n) is 7.63.